The molecule has 6 heteroatoms. The lowest BCUT2D eigenvalue weighted by molar-refractivity contribution is 0.0690. The van der Waals surface area contributed by atoms with Gasteiger partial charge in [0.1, 0.15) is 0 Å². The molecule has 0 aliphatic carbocycles. The van der Waals surface area contributed by atoms with Gasteiger partial charge in [0, 0.05) is 6.54 Å². The van der Waals surface area contributed by atoms with Crippen molar-refractivity contribution < 1.29 is 18.7 Å². The van der Waals surface area contributed by atoms with Crippen molar-refractivity contribution in [1.82, 2.24) is 4.90 Å². The molecule has 1 aliphatic heterocycles. The van der Waals surface area contributed by atoms with Crippen LogP contribution >= 0.6 is 0 Å². The summed E-state index contributed by atoms with van der Waals surface area (Å²) < 4.78 is 27.4. The highest BCUT2D eigenvalue weighted by molar-refractivity contribution is 5.88. The van der Waals surface area contributed by atoms with Crippen LogP contribution in [-0.2, 0) is 0 Å². The number of carboxylic acid groups (broad SMARTS) is 1. The molecule has 1 aromatic rings. The predicted octanol–water partition coefficient (Wildman–Crippen LogP) is 2.81. The molecule has 1 saturated heterocycles. The Morgan fingerprint density at radius 1 is 1.33 bits per heavy atom. The molecule has 0 unspecified atom stereocenters. The molecule has 0 bridgehead atoms. The van der Waals surface area contributed by atoms with E-state index in [0.717, 1.165) is 38.5 Å². The summed E-state index contributed by atoms with van der Waals surface area (Å²) in [6.45, 7) is 5.78. The number of nitrogens with one attached hydrogen (secondary N) is 1. The third-order valence-corrected chi connectivity index (χ3v) is 4.05. The van der Waals surface area contributed by atoms with Crippen LogP contribution in [-0.4, -0.2) is 42.2 Å². The maximum absolute atomic E-state index is 13.8. The van der Waals surface area contributed by atoms with E-state index < -0.39 is 23.2 Å². The first-order valence-electron chi connectivity index (χ1n) is 7.20. The summed E-state index contributed by atoms with van der Waals surface area (Å²) in [5.74, 6) is -3.48. The van der Waals surface area contributed by atoms with Crippen molar-refractivity contribution in [3.8, 4) is 0 Å². The molecule has 0 atom stereocenters. The van der Waals surface area contributed by atoms with Crippen LogP contribution < -0.4 is 5.32 Å². The minimum Gasteiger partial charge on any atom is -0.478 e. The van der Waals surface area contributed by atoms with Gasteiger partial charge < -0.3 is 15.3 Å². The van der Waals surface area contributed by atoms with Crippen LogP contribution in [0.4, 0.5) is 14.5 Å². The summed E-state index contributed by atoms with van der Waals surface area (Å²) in [5, 5.41) is 11.6. The monoisotopic (exact) mass is 298 g/mol. The third-order valence-electron chi connectivity index (χ3n) is 4.05. The van der Waals surface area contributed by atoms with E-state index >= 15 is 0 Å². The zero-order valence-corrected chi connectivity index (χ0v) is 12.0. The summed E-state index contributed by atoms with van der Waals surface area (Å²) in [7, 11) is 0. The largest absolute Gasteiger partial charge is 0.478 e. The van der Waals surface area contributed by atoms with Gasteiger partial charge in [-0.2, -0.15) is 0 Å². The Hall–Kier alpha value is -1.69. The summed E-state index contributed by atoms with van der Waals surface area (Å²) in [4.78, 5) is 13.1. The normalized spacial score (nSPS) is 16.9. The summed E-state index contributed by atoms with van der Waals surface area (Å²) in [5.41, 5.74) is -0.621. The summed E-state index contributed by atoms with van der Waals surface area (Å²) in [6, 6.07) is 2.37. The molecule has 1 heterocycles. The minimum absolute atomic E-state index is 0.0235. The van der Waals surface area contributed by atoms with Crippen LogP contribution in [0, 0.1) is 17.6 Å². The molecule has 0 radical (unpaired) electrons. The fourth-order valence-corrected chi connectivity index (χ4v) is 2.61. The summed E-state index contributed by atoms with van der Waals surface area (Å²) >= 11 is 0. The standard InChI is InChI=1S/C15H20F2N2O2/c1-2-19-7-5-10(6-8-19)9-18-12-4-3-11(15(20)21)13(16)14(12)17/h3-4,10,18H,2,5-9H2,1H3,(H,20,21). The molecule has 1 aliphatic rings. The summed E-state index contributed by atoms with van der Waals surface area (Å²) in [6.07, 6.45) is 2.05. The Morgan fingerprint density at radius 3 is 2.57 bits per heavy atom. The third kappa shape index (κ3) is 3.69. The lowest BCUT2D eigenvalue weighted by atomic mass is 9.96. The lowest BCUT2D eigenvalue weighted by Gasteiger charge is -2.31. The number of nitrogens with zero attached hydrogens (tertiary/aromatic N) is 1. The molecule has 4 nitrogen and oxygen atoms in total. The molecule has 2 rings (SSSR count). The first kappa shape index (κ1) is 15.7. The Bertz CT molecular complexity index is 515. The van der Waals surface area contributed by atoms with Gasteiger partial charge >= 0.3 is 5.97 Å². The lowest BCUT2D eigenvalue weighted by Crippen LogP contribution is -2.35. The van der Waals surface area contributed by atoms with Gasteiger partial charge in [0.15, 0.2) is 11.6 Å². The Kier molecular flexibility index (Phi) is 5.12. The second-order valence-electron chi connectivity index (χ2n) is 5.35. The van der Waals surface area contributed by atoms with Gasteiger partial charge in [-0.3, -0.25) is 0 Å². The second kappa shape index (κ2) is 6.85. The topological polar surface area (TPSA) is 52.6 Å². The molecule has 116 valence electrons. The Labute approximate surface area is 122 Å². The van der Waals surface area contributed by atoms with Gasteiger partial charge in [-0.15, -0.1) is 0 Å². The highest BCUT2D eigenvalue weighted by atomic mass is 19.2. The van der Waals surface area contributed by atoms with E-state index in [0.29, 0.717) is 12.5 Å². The predicted molar refractivity (Wildman–Crippen MR) is 76.6 cm³/mol. The highest BCUT2D eigenvalue weighted by Crippen LogP contribution is 2.23. The van der Waals surface area contributed by atoms with Crippen LogP contribution in [0.1, 0.15) is 30.1 Å². The van der Waals surface area contributed by atoms with Crippen molar-refractivity contribution in [3.05, 3.63) is 29.3 Å². The SMILES string of the molecule is CCN1CCC(CNc2ccc(C(=O)O)c(F)c2F)CC1. The first-order valence-corrected chi connectivity index (χ1v) is 7.20. The maximum Gasteiger partial charge on any atom is 0.338 e. The number of anilines is 1. The fraction of sp³-hybridized carbons (Fsp3) is 0.533. The number of aromatic carboxylic acids is 1. The Morgan fingerprint density at radius 2 is 2.00 bits per heavy atom. The number of benzene rings is 1. The number of piperidine rings is 1. The van der Waals surface area contributed by atoms with E-state index in [1.165, 1.54) is 6.07 Å². The molecule has 0 aromatic heterocycles. The number of halogens is 2. The average Bonchev–Trinajstić information content (AvgIpc) is 2.49. The second-order valence-corrected chi connectivity index (χ2v) is 5.35. The van der Waals surface area contributed by atoms with Crippen molar-refractivity contribution in [1.29, 1.82) is 0 Å². The van der Waals surface area contributed by atoms with E-state index in [2.05, 4.69) is 17.1 Å². The van der Waals surface area contributed by atoms with Crippen molar-refractivity contribution in [2.45, 2.75) is 19.8 Å². The van der Waals surface area contributed by atoms with E-state index in [9.17, 15) is 13.6 Å². The number of carbonyl (C=O) groups is 1. The van der Waals surface area contributed by atoms with E-state index in [1.54, 1.807) is 0 Å². The van der Waals surface area contributed by atoms with Crippen LogP contribution in [0.2, 0.25) is 0 Å². The smallest absolute Gasteiger partial charge is 0.338 e. The van der Waals surface area contributed by atoms with Gasteiger partial charge in [-0.1, -0.05) is 6.92 Å². The molecule has 21 heavy (non-hydrogen) atoms. The minimum atomic E-state index is -1.47. The van der Waals surface area contributed by atoms with E-state index in [1.807, 2.05) is 0 Å². The van der Waals surface area contributed by atoms with Gasteiger partial charge in [0.2, 0.25) is 0 Å². The van der Waals surface area contributed by atoms with Crippen molar-refractivity contribution in [3.63, 3.8) is 0 Å². The molecule has 0 saturated carbocycles. The number of hydrogen-bond donors (Lipinski definition) is 2. The van der Waals surface area contributed by atoms with Gasteiger partial charge in [0.05, 0.1) is 11.3 Å². The van der Waals surface area contributed by atoms with Crippen LogP contribution in [0.3, 0.4) is 0 Å². The molecule has 0 amide bonds. The molecular formula is C15H20F2N2O2. The zero-order valence-electron chi connectivity index (χ0n) is 12.0. The maximum atomic E-state index is 13.8. The number of likely N-dealkylation sites (tertiary alicyclic amines) is 1. The van der Waals surface area contributed by atoms with Gasteiger partial charge in [0.25, 0.3) is 0 Å². The molecular weight excluding hydrogens is 278 g/mol. The highest BCUT2D eigenvalue weighted by Gasteiger charge is 2.20. The van der Waals surface area contributed by atoms with Gasteiger partial charge in [-0.25, -0.2) is 13.6 Å². The van der Waals surface area contributed by atoms with E-state index in [-0.39, 0.29) is 5.69 Å². The first-order chi connectivity index (χ1) is 10.0. The number of hydrogen-bond acceptors (Lipinski definition) is 3. The van der Waals surface area contributed by atoms with Crippen molar-refractivity contribution in [2.75, 3.05) is 31.5 Å². The quantitative estimate of drug-likeness (QED) is 0.877. The zero-order chi connectivity index (χ0) is 15.4. The molecule has 1 fully saturated rings. The van der Waals surface area contributed by atoms with E-state index in [4.69, 9.17) is 5.11 Å². The van der Waals surface area contributed by atoms with Crippen LogP contribution in [0.15, 0.2) is 12.1 Å². The van der Waals surface area contributed by atoms with Gasteiger partial charge in [-0.05, 0) is 50.5 Å². The van der Waals surface area contributed by atoms with Crippen molar-refractivity contribution in [2.24, 2.45) is 5.92 Å². The Balaban J connectivity index is 1.95. The average molecular weight is 298 g/mol. The van der Waals surface area contributed by atoms with Crippen molar-refractivity contribution >= 4 is 11.7 Å². The fourth-order valence-electron chi connectivity index (χ4n) is 2.61. The molecule has 2 N–H and O–H groups in total. The molecule has 1 aromatic carbocycles. The molecule has 0 spiro atoms. The number of carboxylic acids is 1. The van der Waals surface area contributed by atoms with Crippen LogP contribution in [0.25, 0.3) is 0 Å². The number of rotatable bonds is 5. The van der Waals surface area contributed by atoms with Crippen LogP contribution in [0.5, 0.6) is 0 Å².